The number of aromatic nitrogens is 5. The number of anilines is 2. The number of hydrogen-bond acceptors (Lipinski definition) is 8. The Morgan fingerprint density at radius 1 is 0.938 bits per heavy atom. The molecule has 6 heterocycles. The molecule has 1 saturated heterocycles. The zero-order chi connectivity index (χ0) is 21.3. The fraction of sp³-hybridized carbons (Fsp3) is 0.217. The van der Waals surface area contributed by atoms with Gasteiger partial charge in [-0.15, -0.1) is 0 Å². The lowest BCUT2D eigenvalue weighted by molar-refractivity contribution is 0.122. The van der Waals surface area contributed by atoms with E-state index in [1.54, 1.807) is 24.8 Å². The van der Waals surface area contributed by atoms with Crippen LogP contribution < -0.4 is 15.3 Å². The molecule has 32 heavy (non-hydrogen) atoms. The molecule has 0 amide bonds. The van der Waals surface area contributed by atoms with Gasteiger partial charge in [-0.2, -0.15) is 9.61 Å². The predicted molar refractivity (Wildman–Crippen MR) is 121 cm³/mol. The van der Waals surface area contributed by atoms with E-state index in [0.717, 1.165) is 47.2 Å². The standard InChI is InChI=1S/C23H22N8O/c1-6-24-7-2-17(1)19-5-10-30(27-19)21-16-23(29-11-13-32-14-12-29)31-22(26-21)15-20(28-31)18-3-8-25-9-4-18/h1-10,15-16,19,27H,11-14H2. The largest absolute Gasteiger partial charge is 0.378 e. The van der Waals surface area contributed by atoms with Crippen molar-refractivity contribution in [3.63, 3.8) is 0 Å². The fourth-order valence-corrected chi connectivity index (χ4v) is 4.06. The van der Waals surface area contributed by atoms with Gasteiger partial charge in [0.15, 0.2) is 11.5 Å². The van der Waals surface area contributed by atoms with Gasteiger partial charge >= 0.3 is 0 Å². The van der Waals surface area contributed by atoms with Crippen molar-refractivity contribution in [3.8, 4) is 11.3 Å². The van der Waals surface area contributed by atoms with Crippen LogP contribution in [0.15, 0.2) is 73.5 Å². The first kappa shape index (κ1) is 18.9. The Kier molecular flexibility index (Phi) is 4.74. The van der Waals surface area contributed by atoms with E-state index < -0.39 is 0 Å². The molecule has 1 fully saturated rings. The minimum atomic E-state index is 0.0696. The first-order chi connectivity index (χ1) is 15.8. The molecule has 1 unspecified atom stereocenters. The lowest BCUT2D eigenvalue weighted by Gasteiger charge is -2.29. The third kappa shape index (κ3) is 3.47. The second-order valence-corrected chi connectivity index (χ2v) is 7.71. The van der Waals surface area contributed by atoms with E-state index in [-0.39, 0.29) is 6.04 Å². The van der Waals surface area contributed by atoms with Crippen LogP contribution in [-0.4, -0.2) is 50.9 Å². The van der Waals surface area contributed by atoms with Gasteiger partial charge in [0.05, 0.1) is 24.9 Å². The van der Waals surface area contributed by atoms with Crippen molar-refractivity contribution < 1.29 is 4.74 Å². The van der Waals surface area contributed by atoms with Crippen LogP contribution >= 0.6 is 0 Å². The lowest BCUT2D eigenvalue weighted by Crippen LogP contribution is -2.38. The van der Waals surface area contributed by atoms with Gasteiger partial charge in [-0.25, -0.2) is 10.4 Å². The second kappa shape index (κ2) is 8.03. The number of fused-ring (bicyclic) bond motifs is 1. The summed E-state index contributed by atoms with van der Waals surface area (Å²) in [6.45, 7) is 3.02. The summed E-state index contributed by atoms with van der Waals surface area (Å²) in [6, 6.07) is 12.1. The molecule has 4 aromatic heterocycles. The minimum absolute atomic E-state index is 0.0696. The first-order valence-electron chi connectivity index (χ1n) is 10.6. The average molecular weight is 426 g/mol. The van der Waals surface area contributed by atoms with Gasteiger partial charge in [-0.1, -0.05) is 0 Å². The van der Waals surface area contributed by atoms with Crippen LogP contribution in [0.2, 0.25) is 0 Å². The van der Waals surface area contributed by atoms with E-state index in [0.29, 0.717) is 13.2 Å². The molecule has 6 rings (SSSR count). The Morgan fingerprint density at radius 3 is 2.47 bits per heavy atom. The van der Waals surface area contributed by atoms with Crippen LogP contribution in [-0.2, 0) is 4.74 Å². The van der Waals surface area contributed by atoms with E-state index in [9.17, 15) is 0 Å². The molecule has 4 aromatic rings. The molecule has 1 N–H and O–H groups in total. The van der Waals surface area contributed by atoms with Crippen LogP contribution in [0.25, 0.3) is 16.9 Å². The summed E-state index contributed by atoms with van der Waals surface area (Å²) in [4.78, 5) is 15.4. The van der Waals surface area contributed by atoms with Crippen molar-refractivity contribution in [3.05, 3.63) is 79.0 Å². The van der Waals surface area contributed by atoms with Crippen LogP contribution in [0, 0.1) is 0 Å². The van der Waals surface area contributed by atoms with Gasteiger partial charge in [0.2, 0.25) is 0 Å². The third-order valence-electron chi connectivity index (χ3n) is 5.72. The topological polar surface area (TPSA) is 83.7 Å². The van der Waals surface area contributed by atoms with Gasteiger partial charge in [0.1, 0.15) is 5.82 Å². The van der Waals surface area contributed by atoms with Crippen LogP contribution in [0.1, 0.15) is 11.6 Å². The SMILES string of the molecule is C1=CN(c2cc(N3CCOCC3)n3nc(-c4ccncc4)cc3n2)NC1c1ccncc1. The first-order valence-corrected chi connectivity index (χ1v) is 10.6. The fourth-order valence-electron chi connectivity index (χ4n) is 4.06. The van der Waals surface area contributed by atoms with Crippen molar-refractivity contribution in [2.75, 3.05) is 36.2 Å². The summed E-state index contributed by atoms with van der Waals surface area (Å²) < 4.78 is 7.49. The number of nitrogens with zero attached hydrogens (tertiary/aromatic N) is 7. The van der Waals surface area contributed by atoms with Gasteiger partial charge in [-0.3, -0.25) is 15.0 Å². The maximum Gasteiger partial charge on any atom is 0.160 e. The van der Waals surface area contributed by atoms with E-state index in [2.05, 4.69) is 32.4 Å². The highest BCUT2D eigenvalue weighted by atomic mass is 16.5. The van der Waals surface area contributed by atoms with Crippen molar-refractivity contribution in [1.82, 2.24) is 30.0 Å². The lowest BCUT2D eigenvalue weighted by atomic mass is 10.1. The van der Waals surface area contributed by atoms with Gasteiger partial charge in [0, 0.05) is 61.8 Å². The number of ether oxygens (including phenoxy) is 1. The monoisotopic (exact) mass is 426 g/mol. The number of rotatable bonds is 4. The van der Waals surface area contributed by atoms with Crippen molar-refractivity contribution in [2.24, 2.45) is 0 Å². The van der Waals surface area contributed by atoms with Crippen molar-refractivity contribution >= 4 is 17.3 Å². The quantitative estimate of drug-likeness (QED) is 0.533. The minimum Gasteiger partial charge on any atom is -0.378 e. The summed E-state index contributed by atoms with van der Waals surface area (Å²) >= 11 is 0. The molecule has 1 atom stereocenters. The normalized spacial score (nSPS) is 18.6. The number of nitrogens with one attached hydrogen (secondary N) is 1. The van der Waals surface area contributed by atoms with Gasteiger partial charge in [-0.05, 0) is 35.9 Å². The summed E-state index contributed by atoms with van der Waals surface area (Å²) in [5, 5.41) is 6.83. The van der Waals surface area contributed by atoms with E-state index in [1.165, 1.54) is 0 Å². The van der Waals surface area contributed by atoms with Gasteiger partial charge < -0.3 is 9.64 Å². The van der Waals surface area contributed by atoms with Gasteiger partial charge in [0.25, 0.3) is 0 Å². The second-order valence-electron chi connectivity index (χ2n) is 7.71. The number of morpholine rings is 1. The summed E-state index contributed by atoms with van der Waals surface area (Å²) in [7, 11) is 0. The van der Waals surface area contributed by atoms with Crippen LogP contribution in [0.3, 0.4) is 0 Å². The smallest absolute Gasteiger partial charge is 0.160 e. The molecule has 9 heteroatoms. The molecule has 9 nitrogen and oxygen atoms in total. The molecule has 2 aliphatic heterocycles. The molecule has 0 aliphatic carbocycles. The molecular formula is C23H22N8O. The van der Waals surface area contributed by atoms with E-state index in [1.807, 2.05) is 46.1 Å². The molecule has 0 aromatic carbocycles. The third-order valence-corrected chi connectivity index (χ3v) is 5.72. The Hall–Kier alpha value is -3.82. The zero-order valence-corrected chi connectivity index (χ0v) is 17.4. The molecule has 160 valence electrons. The summed E-state index contributed by atoms with van der Waals surface area (Å²) in [6.07, 6.45) is 11.3. The summed E-state index contributed by atoms with van der Waals surface area (Å²) in [5.41, 5.74) is 7.33. The van der Waals surface area contributed by atoms with Crippen LogP contribution in [0.5, 0.6) is 0 Å². The molecule has 0 radical (unpaired) electrons. The van der Waals surface area contributed by atoms with Crippen molar-refractivity contribution in [1.29, 1.82) is 0 Å². The van der Waals surface area contributed by atoms with E-state index >= 15 is 0 Å². The molecule has 0 spiro atoms. The Balaban J connectivity index is 1.40. The zero-order valence-electron chi connectivity index (χ0n) is 17.4. The predicted octanol–water partition coefficient (Wildman–Crippen LogP) is 2.60. The Labute approximate surface area is 185 Å². The maximum absolute atomic E-state index is 5.57. The highest BCUT2D eigenvalue weighted by molar-refractivity contribution is 5.68. The number of hydrogen-bond donors (Lipinski definition) is 1. The number of pyridine rings is 2. The number of hydrazine groups is 1. The van der Waals surface area contributed by atoms with Crippen LogP contribution in [0.4, 0.5) is 11.6 Å². The molecule has 2 aliphatic rings. The highest BCUT2D eigenvalue weighted by Crippen LogP contribution is 2.29. The molecular weight excluding hydrogens is 404 g/mol. The summed E-state index contributed by atoms with van der Waals surface area (Å²) in [5.74, 6) is 1.81. The van der Waals surface area contributed by atoms with Crippen molar-refractivity contribution in [2.45, 2.75) is 6.04 Å². The maximum atomic E-state index is 5.57. The molecule has 0 saturated carbocycles. The Bertz CT molecular complexity index is 1250. The average Bonchev–Trinajstić information content (AvgIpc) is 3.53. The van der Waals surface area contributed by atoms with E-state index in [4.69, 9.17) is 14.8 Å². The molecule has 0 bridgehead atoms. The Morgan fingerprint density at radius 2 is 1.69 bits per heavy atom. The highest BCUT2D eigenvalue weighted by Gasteiger charge is 2.23.